The fraction of sp³-hybridized carbons (Fsp3) is 0.308. The van der Waals surface area contributed by atoms with E-state index in [1.807, 2.05) is 56.7 Å². The number of rotatable bonds is 16. The Bertz CT molecular complexity index is 2700. The Morgan fingerprint density at radius 3 is 2.40 bits per heavy atom. The lowest BCUT2D eigenvalue weighted by Gasteiger charge is -2.12. The number of primary amides is 2. The Kier molecular flexibility index (Phi) is 10.8. The highest BCUT2D eigenvalue weighted by atomic mass is 16.5. The number of ether oxygens (including phenoxy) is 1. The van der Waals surface area contributed by atoms with Crippen LogP contribution in [0.1, 0.15) is 68.9 Å². The van der Waals surface area contributed by atoms with Crippen molar-refractivity contribution in [2.75, 3.05) is 25.5 Å². The van der Waals surface area contributed by atoms with Gasteiger partial charge in [0.05, 0.1) is 23.4 Å². The van der Waals surface area contributed by atoms with Gasteiger partial charge in [-0.25, -0.2) is 29.6 Å². The van der Waals surface area contributed by atoms with Gasteiger partial charge in [-0.3, -0.25) is 19.7 Å². The molecule has 294 valence electrons. The molecule has 6 aromatic heterocycles. The Balaban J connectivity index is 1.30. The lowest BCUT2D eigenvalue weighted by Crippen LogP contribution is -2.17. The summed E-state index contributed by atoms with van der Waals surface area (Å²) in [5, 5.41) is 12.0. The predicted octanol–water partition coefficient (Wildman–Crippen LogP) is 4.07. The number of allylic oxidation sites excluding steroid dienone is 2. The van der Waals surface area contributed by atoms with Crippen LogP contribution in [0.25, 0.3) is 44.6 Å². The molecule has 0 atom stereocenters. The first kappa shape index (κ1) is 38.3. The topological polar surface area (TPSA) is 242 Å². The monoisotopic (exact) mass is 773 g/mol. The number of fused-ring (bicyclic) bond motifs is 4. The van der Waals surface area contributed by atoms with Crippen molar-refractivity contribution in [1.29, 1.82) is 0 Å². The zero-order chi connectivity index (χ0) is 40.4. The molecule has 0 unspecified atom stereocenters. The number of amides is 3. The average Bonchev–Trinajstić information content (AvgIpc) is 3.95. The highest BCUT2D eigenvalue weighted by Gasteiger charge is 2.24. The van der Waals surface area contributed by atoms with E-state index in [2.05, 4.69) is 30.7 Å². The molecule has 18 nitrogen and oxygen atoms in total. The van der Waals surface area contributed by atoms with Crippen molar-refractivity contribution in [2.24, 2.45) is 11.5 Å². The number of anilines is 1. The largest absolute Gasteiger partial charge is 0.491 e. The molecule has 0 aliphatic rings. The van der Waals surface area contributed by atoms with E-state index < -0.39 is 17.7 Å². The van der Waals surface area contributed by atoms with Gasteiger partial charge in [0.25, 0.3) is 5.91 Å². The molecule has 7 aromatic rings. The number of aromatic nitrogens is 9. The molecular formula is C39H43N13O5. The van der Waals surface area contributed by atoms with Crippen LogP contribution >= 0.6 is 0 Å². The van der Waals surface area contributed by atoms with Crippen LogP contribution < -0.4 is 26.8 Å². The fourth-order valence-corrected chi connectivity index (χ4v) is 6.73. The number of benzene rings is 1. The summed E-state index contributed by atoms with van der Waals surface area (Å²) in [6.45, 7) is 9.60. The van der Waals surface area contributed by atoms with Crippen molar-refractivity contribution in [3.63, 3.8) is 0 Å². The molecule has 0 fully saturated rings. The van der Waals surface area contributed by atoms with Crippen LogP contribution in [0, 0.1) is 13.8 Å². The summed E-state index contributed by atoms with van der Waals surface area (Å²) in [6.07, 6.45) is 6.49. The maximum Gasteiger partial charge on any atom is 0.295 e. The van der Waals surface area contributed by atoms with Gasteiger partial charge in [-0.15, -0.1) is 0 Å². The van der Waals surface area contributed by atoms with Crippen molar-refractivity contribution in [3.05, 3.63) is 83.0 Å². The first-order valence-corrected chi connectivity index (χ1v) is 18.6. The maximum absolute atomic E-state index is 13.6. The van der Waals surface area contributed by atoms with Gasteiger partial charge in [0.15, 0.2) is 11.7 Å². The normalized spacial score (nSPS) is 11.7. The molecule has 1 aromatic carbocycles. The summed E-state index contributed by atoms with van der Waals surface area (Å²) in [6, 6.07) is 8.68. The number of imidazole rings is 1. The van der Waals surface area contributed by atoms with Gasteiger partial charge in [0, 0.05) is 49.1 Å². The molecular weight excluding hydrogens is 731 g/mol. The van der Waals surface area contributed by atoms with E-state index in [1.54, 1.807) is 34.4 Å². The summed E-state index contributed by atoms with van der Waals surface area (Å²) in [7, 11) is 1.85. The van der Waals surface area contributed by atoms with Gasteiger partial charge in [0.2, 0.25) is 23.5 Å². The number of nitrogens with one attached hydrogen (secondary N) is 2. The van der Waals surface area contributed by atoms with Crippen LogP contribution in [0.3, 0.4) is 0 Å². The van der Waals surface area contributed by atoms with E-state index in [4.69, 9.17) is 30.6 Å². The molecule has 0 saturated carbocycles. The van der Waals surface area contributed by atoms with Crippen LogP contribution in [0.2, 0.25) is 0 Å². The zero-order valence-corrected chi connectivity index (χ0v) is 32.3. The number of nitrogens with zero attached hydrogens (tertiary/aromatic N) is 9. The number of hydrogen-bond donors (Lipinski definition) is 4. The molecule has 6 heterocycles. The molecule has 0 radical (unpaired) electrons. The van der Waals surface area contributed by atoms with E-state index in [-0.39, 0.29) is 29.4 Å². The predicted molar refractivity (Wildman–Crippen MR) is 213 cm³/mol. The lowest BCUT2D eigenvalue weighted by molar-refractivity contribution is 0.0987. The number of aryl methyl sites for hydroxylation is 4. The van der Waals surface area contributed by atoms with Crippen molar-refractivity contribution in [3.8, 4) is 17.3 Å². The van der Waals surface area contributed by atoms with Crippen molar-refractivity contribution < 1.29 is 23.5 Å². The van der Waals surface area contributed by atoms with Gasteiger partial charge in [-0.1, -0.05) is 19.1 Å². The van der Waals surface area contributed by atoms with Gasteiger partial charge in [0.1, 0.15) is 34.1 Å². The average molecular weight is 774 g/mol. The third-order valence-electron chi connectivity index (χ3n) is 9.37. The van der Waals surface area contributed by atoms with Crippen LogP contribution in [0.5, 0.6) is 5.75 Å². The van der Waals surface area contributed by atoms with E-state index >= 15 is 0 Å². The highest BCUT2D eigenvalue weighted by Crippen LogP contribution is 2.33. The summed E-state index contributed by atoms with van der Waals surface area (Å²) < 4.78 is 17.4. The molecule has 6 N–H and O–H groups in total. The zero-order valence-electron chi connectivity index (χ0n) is 32.3. The molecule has 0 bridgehead atoms. The van der Waals surface area contributed by atoms with Gasteiger partial charge < -0.3 is 35.1 Å². The number of carbonyl (C=O) groups excluding carboxylic acids is 3. The molecule has 3 amide bonds. The quantitative estimate of drug-likeness (QED) is 0.0803. The van der Waals surface area contributed by atoms with E-state index in [9.17, 15) is 14.4 Å². The molecule has 18 heteroatoms. The van der Waals surface area contributed by atoms with Gasteiger partial charge in [-0.2, -0.15) is 5.10 Å². The first-order valence-electron chi connectivity index (χ1n) is 18.6. The third kappa shape index (κ3) is 7.53. The van der Waals surface area contributed by atoms with Crippen molar-refractivity contribution >= 4 is 56.8 Å². The van der Waals surface area contributed by atoms with Gasteiger partial charge in [-0.05, 0) is 70.6 Å². The lowest BCUT2D eigenvalue weighted by atomic mass is 10.1. The number of hydrogen-bond acceptors (Lipinski definition) is 12. The highest BCUT2D eigenvalue weighted by molar-refractivity contribution is 6.08. The smallest absolute Gasteiger partial charge is 0.295 e. The Morgan fingerprint density at radius 2 is 1.68 bits per heavy atom. The molecule has 57 heavy (non-hydrogen) atoms. The van der Waals surface area contributed by atoms with Crippen LogP contribution in [-0.2, 0) is 26.1 Å². The van der Waals surface area contributed by atoms with Crippen LogP contribution in [0.4, 0.5) is 5.95 Å². The van der Waals surface area contributed by atoms with E-state index in [1.165, 1.54) is 6.20 Å². The fourth-order valence-electron chi connectivity index (χ4n) is 6.73. The molecule has 0 aliphatic carbocycles. The van der Waals surface area contributed by atoms with Crippen molar-refractivity contribution in [2.45, 2.75) is 60.2 Å². The molecule has 0 saturated heterocycles. The number of nitrogens with two attached hydrogens (primary N) is 2. The minimum absolute atomic E-state index is 0.0862. The summed E-state index contributed by atoms with van der Waals surface area (Å²) in [5.41, 5.74) is 15.1. The summed E-state index contributed by atoms with van der Waals surface area (Å²) in [5.74, 6) is 0.527. The standard InChI is InChI=1S/C39H43N13O5/c1-6-27-32(57-22(4)45-27)38(55)48-39-47-29-18-23(33(40)53)19-30(56-16-10-13-42-5)31(29)50(39)14-8-9-15-51-35-26(17-24(20-43-35)34(41)54)25-11-12-28(46-36(25)51)37-44-21(3)49-52(37)7-2/h8-9,11-12,17-20,42H,6-7,10,13-16H2,1-5H3,(H2,40,53)(H2,41,54)(H,47,48,55)/b9-8+. The number of carbonyl (C=O) groups is 3. The Hall–Kier alpha value is -6.95. The maximum atomic E-state index is 13.6. The molecule has 0 spiro atoms. The second-order valence-corrected chi connectivity index (χ2v) is 13.3. The molecule has 7 rings (SSSR count). The van der Waals surface area contributed by atoms with Crippen molar-refractivity contribution in [1.82, 2.24) is 49.2 Å². The van der Waals surface area contributed by atoms with Crippen LogP contribution in [0.15, 0.2) is 53.1 Å². The first-order chi connectivity index (χ1) is 27.5. The van der Waals surface area contributed by atoms with Crippen LogP contribution in [-0.4, -0.2) is 81.8 Å². The minimum Gasteiger partial charge on any atom is -0.491 e. The van der Waals surface area contributed by atoms with E-state index in [0.717, 1.165) is 5.39 Å². The second-order valence-electron chi connectivity index (χ2n) is 13.3. The van der Waals surface area contributed by atoms with E-state index in [0.29, 0.717) is 101 Å². The summed E-state index contributed by atoms with van der Waals surface area (Å²) in [4.78, 5) is 61.5. The second kappa shape index (κ2) is 16.0. The number of oxazole rings is 1. The molecule has 0 aliphatic heterocycles. The minimum atomic E-state index is -0.647. The Labute approximate surface area is 326 Å². The van der Waals surface area contributed by atoms with Gasteiger partial charge >= 0.3 is 0 Å². The Morgan fingerprint density at radius 1 is 0.912 bits per heavy atom. The SMILES string of the molecule is CCc1nc(C)oc1C(=O)Nc1nc2cc(C(N)=O)cc(OCCCNC)c2n1C/C=C/Cn1c2ncc(C(N)=O)cc2c2ccc(-c3nc(C)nn3CC)nc21. The third-order valence-corrected chi connectivity index (χ3v) is 9.37. The number of pyridine rings is 2. The summed E-state index contributed by atoms with van der Waals surface area (Å²) >= 11 is 0.